The van der Waals surface area contributed by atoms with Crippen LogP contribution in [-0.2, 0) is 17.8 Å². The fraction of sp³-hybridized carbons (Fsp3) is 0.208. The topological polar surface area (TPSA) is 55.8 Å². The molecule has 0 heterocycles. The van der Waals surface area contributed by atoms with Crippen LogP contribution in [0.3, 0.4) is 0 Å². The van der Waals surface area contributed by atoms with Crippen molar-refractivity contribution in [2.24, 2.45) is 0 Å². The average Bonchev–Trinajstić information content (AvgIpc) is 2.73. The fourth-order valence-corrected chi connectivity index (χ4v) is 2.92. The number of benzene rings is 3. The summed E-state index contributed by atoms with van der Waals surface area (Å²) < 4.78 is 11.7. The molecule has 3 rings (SSSR count). The summed E-state index contributed by atoms with van der Waals surface area (Å²) in [5.74, 6) is 0.0251. The molecule has 0 spiro atoms. The summed E-state index contributed by atoms with van der Waals surface area (Å²) in [4.78, 5) is 11.7. The number of aliphatic carboxylic acids is 1. The third kappa shape index (κ3) is 5.88. The largest absolute Gasteiger partial charge is 0.485 e. The normalized spacial score (nSPS) is 11.6. The van der Waals surface area contributed by atoms with E-state index in [0.29, 0.717) is 24.5 Å². The van der Waals surface area contributed by atoms with Crippen LogP contribution in [-0.4, -0.2) is 17.2 Å². The second kappa shape index (κ2) is 10.2. The summed E-state index contributed by atoms with van der Waals surface area (Å²) >= 11 is 0. The minimum Gasteiger partial charge on any atom is -0.485 e. The lowest BCUT2D eigenvalue weighted by Crippen LogP contribution is -2.27. The van der Waals surface area contributed by atoms with E-state index in [-0.39, 0.29) is 0 Å². The van der Waals surface area contributed by atoms with Crippen molar-refractivity contribution < 1.29 is 19.4 Å². The molecule has 0 saturated heterocycles. The molecule has 0 fully saturated rings. The molecule has 0 amide bonds. The molecule has 1 N–H and O–H groups in total. The smallest absolute Gasteiger partial charge is 0.344 e. The van der Waals surface area contributed by atoms with Crippen LogP contribution in [0.5, 0.6) is 11.5 Å². The van der Waals surface area contributed by atoms with E-state index in [9.17, 15) is 9.90 Å². The second-order valence-electron chi connectivity index (χ2n) is 6.54. The maximum Gasteiger partial charge on any atom is 0.344 e. The summed E-state index contributed by atoms with van der Waals surface area (Å²) in [6.07, 6.45) is 1.07. The van der Waals surface area contributed by atoms with Crippen LogP contribution in [0, 0.1) is 0 Å². The molecule has 28 heavy (non-hydrogen) atoms. The lowest BCUT2D eigenvalue weighted by atomic mass is 10.1. The number of aryl methyl sites for hydroxylation is 1. The first kappa shape index (κ1) is 19.5. The van der Waals surface area contributed by atoms with Gasteiger partial charge >= 0.3 is 5.97 Å². The highest BCUT2D eigenvalue weighted by atomic mass is 16.5. The zero-order valence-corrected chi connectivity index (χ0v) is 15.7. The van der Waals surface area contributed by atoms with Gasteiger partial charge < -0.3 is 14.6 Å². The van der Waals surface area contributed by atoms with E-state index < -0.39 is 12.1 Å². The van der Waals surface area contributed by atoms with Gasteiger partial charge in [0.2, 0.25) is 0 Å². The molecule has 3 aromatic rings. The van der Waals surface area contributed by atoms with E-state index in [1.807, 2.05) is 72.8 Å². The molecule has 1 atom stereocenters. The van der Waals surface area contributed by atoms with Crippen LogP contribution in [0.25, 0.3) is 0 Å². The number of carbonyl (C=O) groups is 1. The number of carboxylic acid groups (broad SMARTS) is 1. The SMILES string of the molecule is O=C(O)C(CCCc1ccccc1)Oc1ccccc1OCc1ccccc1. The molecule has 4 heteroatoms. The fourth-order valence-electron chi connectivity index (χ4n) is 2.92. The number of para-hydroxylation sites is 2. The lowest BCUT2D eigenvalue weighted by Gasteiger charge is -2.18. The highest BCUT2D eigenvalue weighted by molar-refractivity contribution is 5.72. The minimum atomic E-state index is -0.967. The summed E-state index contributed by atoms with van der Waals surface area (Å²) in [7, 11) is 0. The first-order valence-electron chi connectivity index (χ1n) is 9.41. The zero-order chi connectivity index (χ0) is 19.6. The Kier molecular flexibility index (Phi) is 7.08. The van der Waals surface area contributed by atoms with Gasteiger partial charge in [-0.15, -0.1) is 0 Å². The van der Waals surface area contributed by atoms with Gasteiger partial charge in [0.25, 0.3) is 0 Å². The molecule has 144 valence electrons. The molecule has 0 aliphatic heterocycles. The average molecular weight is 376 g/mol. The monoisotopic (exact) mass is 376 g/mol. The van der Waals surface area contributed by atoms with Crippen LogP contribution < -0.4 is 9.47 Å². The highest BCUT2D eigenvalue weighted by Crippen LogP contribution is 2.29. The molecule has 0 aliphatic carbocycles. The van der Waals surface area contributed by atoms with Gasteiger partial charge in [-0.1, -0.05) is 72.8 Å². The highest BCUT2D eigenvalue weighted by Gasteiger charge is 2.20. The molecule has 4 nitrogen and oxygen atoms in total. The minimum absolute atomic E-state index is 0.396. The standard InChI is InChI=1S/C24H24O4/c25-24(26)23(17-9-14-19-10-3-1-4-11-19)28-22-16-8-7-15-21(22)27-18-20-12-5-2-6-13-20/h1-8,10-13,15-16,23H,9,14,17-18H2,(H,25,26). The van der Waals surface area contributed by atoms with Crippen molar-refractivity contribution in [3.05, 3.63) is 96.1 Å². The summed E-state index contributed by atoms with van der Waals surface area (Å²) in [6.45, 7) is 0.396. The van der Waals surface area contributed by atoms with E-state index in [0.717, 1.165) is 18.4 Å². The van der Waals surface area contributed by atoms with Crippen molar-refractivity contribution >= 4 is 5.97 Å². The van der Waals surface area contributed by atoms with Crippen molar-refractivity contribution in [1.29, 1.82) is 0 Å². The predicted octanol–water partition coefficient (Wildman–Crippen LogP) is 5.12. The van der Waals surface area contributed by atoms with Gasteiger partial charge in [0.05, 0.1) is 0 Å². The molecule has 0 radical (unpaired) electrons. The summed E-state index contributed by atoms with van der Waals surface area (Å²) in [5.41, 5.74) is 2.23. The number of rotatable bonds is 10. The maximum absolute atomic E-state index is 11.7. The Labute approximate surface area is 165 Å². The lowest BCUT2D eigenvalue weighted by molar-refractivity contribution is -0.145. The van der Waals surface area contributed by atoms with Gasteiger partial charge in [0.15, 0.2) is 17.6 Å². The predicted molar refractivity (Wildman–Crippen MR) is 109 cm³/mol. The molecule has 0 aliphatic rings. The first-order valence-corrected chi connectivity index (χ1v) is 9.41. The Morgan fingerprint density at radius 3 is 2.00 bits per heavy atom. The van der Waals surface area contributed by atoms with Crippen molar-refractivity contribution in [3.63, 3.8) is 0 Å². The van der Waals surface area contributed by atoms with Gasteiger partial charge in [-0.3, -0.25) is 0 Å². The van der Waals surface area contributed by atoms with Gasteiger partial charge in [-0.2, -0.15) is 0 Å². The molecule has 0 bridgehead atoms. The van der Waals surface area contributed by atoms with Crippen LogP contribution in [0.4, 0.5) is 0 Å². The third-order valence-electron chi connectivity index (χ3n) is 4.41. The van der Waals surface area contributed by atoms with Crippen molar-refractivity contribution in [2.75, 3.05) is 0 Å². The van der Waals surface area contributed by atoms with E-state index in [2.05, 4.69) is 0 Å². The van der Waals surface area contributed by atoms with Crippen LogP contribution >= 0.6 is 0 Å². The number of ether oxygens (including phenoxy) is 2. The third-order valence-corrected chi connectivity index (χ3v) is 4.41. The van der Waals surface area contributed by atoms with Gasteiger partial charge in [0, 0.05) is 0 Å². The Morgan fingerprint density at radius 2 is 1.36 bits per heavy atom. The van der Waals surface area contributed by atoms with Crippen molar-refractivity contribution in [1.82, 2.24) is 0 Å². The quantitative estimate of drug-likeness (QED) is 0.533. The Balaban J connectivity index is 1.60. The number of hydrogen-bond donors (Lipinski definition) is 1. The molecular weight excluding hydrogens is 352 g/mol. The van der Waals surface area contributed by atoms with E-state index >= 15 is 0 Å². The second-order valence-corrected chi connectivity index (χ2v) is 6.54. The number of hydrogen-bond acceptors (Lipinski definition) is 3. The van der Waals surface area contributed by atoms with Crippen LogP contribution in [0.2, 0.25) is 0 Å². The van der Waals surface area contributed by atoms with Crippen molar-refractivity contribution in [3.8, 4) is 11.5 Å². The van der Waals surface area contributed by atoms with E-state index in [4.69, 9.17) is 9.47 Å². The Morgan fingerprint density at radius 1 is 0.786 bits per heavy atom. The molecule has 0 saturated carbocycles. The Hall–Kier alpha value is -3.27. The van der Waals surface area contributed by atoms with E-state index in [1.165, 1.54) is 5.56 Å². The molecule has 0 aromatic heterocycles. The van der Waals surface area contributed by atoms with Crippen molar-refractivity contribution in [2.45, 2.75) is 32.0 Å². The first-order chi connectivity index (χ1) is 13.7. The summed E-state index contributed by atoms with van der Waals surface area (Å²) in [6, 6.07) is 27.0. The molecular formula is C24H24O4. The number of carboxylic acids is 1. The van der Waals surface area contributed by atoms with Gasteiger partial charge in [0.1, 0.15) is 6.61 Å². The van der Waals surface area contributed by atoms with Gasteiger partial charge in [-0.05, 0) is 42.5 Å². The maximum atomic E-state index is 11.7. The van der Waals surface area contributed by atoms with Crippen LogP contribution in [0.15, 0.2) is 84.9 Å². The summed E-state index contributed by atoms with van der Waals surface area (Å²) in [5, 5.41) is 9.56. The molecule has 1 unspecified atom stereocenters. The van der Waals surface area contributed by atoms with Crippen LogP contribution in [0.1, 0.15) is 24.0 Å². The Bertz CT molecular complexity index is 862. The van der Waals surface area contributed by atoms with E-state index in [1.54, 1.807) is 12.1 Å². The zero-order valence-electron chi connectivity index (χ0n) is 15.7. The molecule has 3 aromatic carbocycles. The van der Waals surface area contributed by atoms with Gasteiger partial charge in [-0.25, -0.2) is 4.79 Å².